The second kappa shape index (κ2) is 5.74. The molecule has 0 radical (unpaired) electrons. The fourth-order valence-corrected chi connectivity index (χ4v) is 2.84. The van der Waals surface area contributed by atoms with Crippen LogP contribution in [0.25, 0.3) is 0 Å². The first-order valence-corrected chi connectivity index (χ1v) is 7.00. The predicted molar refractivity (Wildman–Crippen MR) is 75.2 cm³/mol. The molecule has 1 aliphatic carbocycles. The van der Waals surface area contributed by atoms with Crippen LogP contribution in [0.5, 0.6) is 0 Å². The van der Waals surface area contributed by atoms with Crippen LogP contribution in [0.4, 0.5) is 0 Å². The Labute approximate surface area is 113 Å². The Bertz CT molecular complexity index is 553. The van der Waals surface area contributed by atoms with Crippen molar-refractivity contribution in [3.8, 4) is 0 Å². The van der Waals surface area contributed by atoms with E-state index in [9.17, 15) is 9.59 Å². The van der Waals surface area contributed by atoms with E-state index in [-0.39, 0.29) is 11.2 Å². The van der Waals surface area contributed by atoms with E-state index in [0.717, 1.165) is 16.2 Å². The summed E-state index contributed by atoms with van der Waals surface area (Å²) in [7, 11) is 3.21. The molecular weight excluding hydrogens is 242 g/mol. The second-order valence-electron chi connectivity index (χ2n) is 5.59. The van der Waals surface area contributed by atoms with Crippen LogP contribution in [0.2, 0.25) is 0 Å². The summed E-state index contributed by atoms with van der Waals surface area (Å²) in [4.78, 5) is 23.4. The summed E-state index contributed by atoms with van der Waals surface area (Å²) in [5, 5.41) is 3.45. The highest BCUT2D eigenvalue weighted by atomic mass is 16.2. The summed E-state index contributed by atoms with van der Waals surface area (Å²) in [5.41, 5.74) is 0.240. The van der Waals surface area contributed by atoms with Gasteiger partial charge in [-0.15, -0.1) is 0 Å². The van der Waals surface area contributed by atoms with E-state index in [2.05, 4.69) is 12.2 Å². The highest BCUT2D eigenvalue weighted by Crippen LogP contribution is 2.27. The van der Waals surface area contributed by atoms with Crippen LogP contribution in [-0.2, 0) is 20.6 Å². The Kier molecular flexibility index (Phi) is 4.24. The van der Waals surface area contributed by atoms with Gasteiger partial charge in [-0.25, -0.2) is 4.79 Å². The van der Waals surface area contributed by atoms with Gasteiger partial charge in [-0.2, -0.15) is 0 Å². The Balaban J connectivity index is 2.07. The van der Waals surface area contributed by atoms with Crippen molar-refractivity contribution in [2.24, 2.45) is 20.0 Å². The fourth-order valence-electron chi connectivity index (χ4n) is 2.84. The van der Waals surface area contributed by atoms with Gasteiger partial charge in [0.15, 0.2) is 0 Å². The summed E-state index contributed by atoms with van der Waals surface area (Å²) in [6.07, 6.45) is 5.20. The van der Waals surface area contributed by atoms with E-state index in [4.69, 9.17) is 0 Å². The highest BCUT2D eigenvalue weighted by molar-refractivity contribution is 5.02. The van der Waals surface area contributed by atoms with Crippen molar-refractivity contribution < 1.29 is 0 Å². The molecular formula is C14H23N3O2. The first-order valence-electron chi connectivity index (χ1n) is 7.00. The molecule has 1 N–H and O–H groups in total. The van der Waals surface area contributed by atoms with Gasteiger partial charge in [0.1, 0.15) is 0 Å². The molecule has 1 saturated carbocycles. The van der Waals surface area contributed by atoms with Gasteiger partial charge < -0.3 is 5.32 Å². The Morgan fingerprint density at radius 1 is 1.26 bits per heavy atom. The number of hydrogen-bond donors (Lipinski definition) is 1. The molecule has 0 amide bonds. The maximum absolute atomic E-state index is 11.8. The smallest absolute Gasteiger partial charge is 0.308 e. The molecule has 5 nitrogen and oxygen atoms in total. The number of rotatable bonds is 4. The zero-order valence-electron chi connectivity index (χ0n) is 12.0. The number of hydrogen-bond acceptors (Lipinski definition) is 3. The molecule has 106 valence electrons. The minimum atomic E-state index is -0.266. The zero-order chi connectivity index (χ0) is 14.0. The van der Waals surface area contributed by atoms with Gasteiger partial charge in [0.2, 0.25) is 0 Å². The summed E-state index contributed by atoms with van der Waals surface area (Å²) in [5.74, 6) is 0.726. The van der Waals surface area contributed by atoms with Crippen LogP contribution >= 0.6 is 0 Å². The maximum atomic E-state index is 11.8. The predicted octanol–water partition coefficient (Wildman–Crippen LogP) is 0.752. The van der Waals surface area contributed by atoms with Gasteiger partial charge in [-0.3, -0.25) is 13.9 Å². The van der Waals surface area contributed by atoms with Crippen LogP contribution < -0.4 is 16.6 Å². The zero-order valence-corrected chi connectivity index (χ0v) is 12.0. The molecule has 5 heteroatoms. The molecule has 0 unspecified atom stereocenters. The minimum Gasteiger partial charge on any atom is -0.308 e. The van der Waals surface area contributed by atoms with Crippen LogP contribution in [0.15, 0.2) is 15.7 Å². The van der Waals surface area contributed by atoms with Gasteiger partial charge in [0.25, 0.3) is 5.56 Å². The monoisotopic (exact) mass is 265 g/mol. The SMILES string of the molecule is C[C@@H](NCc1cc(=O)n(C)c(=O)n1C)C1CCCC1. The van der Waals surface area contributed by atoms with E-state index < -0.39 is 0 Å². The molecule has 1 aliphatic rings. The summed E-state index contributed by atoms with van der Waals surface area (Å²) in [6.45, 7) is 2.76. The van der Waals surface area contributed by atoms with Gasteiger partial charge in [0.05, 0.1) is 0 Å². The van der Waals surface area contributed by atoms with Gasteiger partial charge >= 0.3 is 5.69 Å². The van der Waals surface area contributed by atoms with E-state index in [1.807, 2.05) is 0 Å². The molecule has 0 spiro atoms. The molecule has 2 rings (SSSR count). The van der Waals surface area contributed by atoms with Crippen molar-refractivity contribution in [1.29, 1.82) is 0 Å². The second-order valence-corrected chi connectivity index (χ2v) is 5.59. The molecule has 0 bridgehead atoms. The minimum absolute atomic E-state index is 0.242. The molecule has 19 heavy (non-hydrogen) atoms. The van der Waals surface area contributed by atoms with Crippen molar-refractivity contribution in [1.82, 2.24) is 14.5 Å². The van der Waals surface area contributed by atoms with Gasteiger partial charge in [0, 0.05) is 38.4 Å². The molecule has 1 fully saturated rings. The molecule has 1 heterocycles. The number of aromatic nitrogens is 2. The lowest BCUT2D eigenvalue weighted by Crippen LogP contribution is -2.40. The molecule has 1 aromatic heterocycles. The van der Waals surface area contributed by atoms with E-state index in [0.29, 0.717) is 12.6 Å². The van der Waals surface area contributed by atoms with E-state index in [1.54, 1.807) is 7.05 Å². The quantitative estimate of drug-likeness (QED) is 0.874. The highest BCUT2D eigenvalue weighted by Gasteiger charge is 2.21. The third-order valence-corrected chi connectivity index (χ3v) is 4.34. The van der Waals surface area contributed by atoms with Crippen LogP contribution in [-0.4, -0.2) is 15.2 Å². The topological polar surface area (TPSA) is 56.0 Å². The summed E-state index contributed by atoms with van der Waals surface area (Å²) >= 11 is 0. The van der Waals surface area contributed by atoms with Crippen LogP contribution in [0, 0.1) is 5.92 Å². The first-order chi connectivity index (χ1) is 9.00. The van der Waals surface area contributed by atoms with Gasteiger partial charge in [-0.1, -0.05) is 12.8 Å². The summed E-state index contributed by atoms with van der Waals surface area (Å²) < 4.78 is 2.67. The molecule has 0 saturated heterocycles. The third-order valence-electron chi connectivity index (χ3n) is 4.34. The van der Waals surface area contributed by atoms with Gasteiger partial charge in [-0.05, 0) is 25.7 Å². The fraction of sp³-hybridized carbons (Fsp3) is 0.714. The Morgan fingerprint density at radius 2 is 1.89 bits per heavy atom. The van der Waals surface area contributed by atoms with Crippen molar-refractivity contribution in [2.45, 2.75) is 45.2 Å². The van der Waals surface area contributed by atoms with Crippen molar-refractivity contribution in [2.75, 3.05) is 0 Å². The lowest BCUT2D eigenvalue weighted by Gasteiger charge is -2.21. The molecule has 0 aromatic carbocycles. The van der Waals surface area contributed by atoms with Crippen LogP contribution in [0.1, 0.15) is 38.3 Å². The number of nitrogens with one attached hydrogen (secondary N) is 1. The first kappa shape index (κ1) is 14.1. The molecule has 1 atom stereocenters. The maximum Gasteiger partial charge on any atom is 0.330 e. The molecule has 1 aromatic rings. The average molecular weight is 265 g/mol. The van der Waals surface area contributed by atoms with Crippen molar-refractivity contribution in [3.05, 3.63) is 32.6 Å². The third kappa shape index (κ3) is 2.97. The Morgan fingerprint density at radius 3 is 2.53 bits per heavy atom. The van der Waals surface area contributed by atoms with Crippen LogP contribution in [0.3, 0.4) is 0 Å². The summed E-state index contributed by atoms with van der Waals surface area (Å²) in [6, 6.07) is 1.97. The normalized spacial score (nSPS) is 17.8. The van der Waals surface area contributed by atoms with Crippen molar-refractivity contribution in [3.63, 3.8) is 0 Å². The lowest BCUT2D eigenvalue weighted by atomic mass is 10.00. The molecule has 0 aliphatic heterocycles. The Hall–Kier alpha value is -1.36. The lowest BCUT2D eigenvalue weighted by molar-refractivity contribution is 0.375. The standard InChI is InChI=1S/C14H23N3O2/c1-10(11-6-4-5-7-11)15-9-12-8-13(18)17(3)14(19)16(12)2/h8,10-11,15H,4-7,9H2,1-3H3/t10-/m1/s1. The van der Waals surface area contributed by atoms with E-state index in [1.165, 1.54) is 43.4 Å². The van der Waals surface area contributed by atoms with Crippen molar-refractivity contribution >= 4 is 0 Å². The number of nitrogens with zero attached hydrogens (tertiary/aromatic N) is 2. The van der Waals surface area contributed by atoms with E-state index >= 15 is 0 Å². The largest absolute Gasteiger partial charge is 0.330 e. The average Bonchev–Trinajstić information content (AvgIpc) is 2.92.